The van der Waals surface area contributed by atoms with Gasteiger partial charge in [0, 0.05) is 5.69 Å². The smallest absolute Gasteiger partial charge is 0.335 e. The molecule has 108 valence electrons. The van der Waals surface area contributed by atoms with Crippen molar-refractivity contribution in [3.05, 3.63) is 64.5 Å². The van der Waals surface area contributed by atoms with Gasteiger partial charge in [0.15, 0.2) is 0 Å². The van der Waals surface area contributed by atoms with E-state index in [0.29, 0.717) is 11.3 Å². The van der Waals surface area contributed by atoms with Crippen LogP contribution >= 0.6 is 0 Å². The third kappa shape index (κ3) is 3.25. The lowest BCUT2D eigenvalue weighted by atomic mass is 10.1. The molecule has 0 unspecified atom stereocenters. The predicted molar refractivity (Wildman–Crippen MR) is 77.2 cm³/mol. The highest BCUT2D eigenvalue weighted by molar-refractivity contribution is 6.04. The number of halogens is 1. The molecule has 0 saturated heterocycles. The Hall–Kier alpha value is -2.69. The fraction of sp³-hybridized carbons (Fsp3) is 0.125. The first-order valence-corrected chi connectivity index (χ1v) is 6.30. The SMILES string of the molecule is Cc1ccc(C(=O)Nc2ccc(C(=O)O)c(C)c2)c(F)c1. The number of rotatable bonds is 3. The van der Waals surface area contributed by atoms with Crippen molar-refractivity contribution in [1.29, 1.82) is 0 Å². The molecule has 0 saturated carbocycles. The molecule has 2 aromatic carbocycles. The van der Waals surface area contributed by atoms with Crippen molar-refractivity contribution in [3.63, 3.8) is 0 Å². The maximum Gasteiger partial charge on any atom is 0.335 e. The van der Waals surface area contributed by atoms with Gasteiger partial charge in [0.25, 0.3) is 5.91 Å². The number of aryl methyl sites for hydroxylation is 2. The molecule has 2 rings (SSSR count). The summed E-state index contributed by atoms with van der Waals surface area (Å²) in [5, 5.41) is 11.5. The summed E-state index contributed by atoms with van der Waals surface area (Å²) in [7, 11) is 0. The quantitative estimate of drug-likeness (QED) is 0.909. The molecule has 0 radical (unpaired) electrons. The number of anilines is 1. The molecule has 0 bridgehead atoms. The Morgan fingerprint density at radius 1 is 1.05 bits per heavy atom. The van der Waals surface area contributed by atoms with Gasteiger partial charge in [0.2, 0.25) is 0 Å². The van der Waals surface area contributed by atoms with Crippen LogP contribution < -0.4 is 5.32 Å². The Bertz CT molecular complexity index is 725. The molecule has 0 heterocycles. The molecule has 0 aliphatic carbocycles. The fourth-order valence-electron chi connectivity index (χ4n) is 1.98. The molecule has 2 N–H and O–H groups in total. The number of carboxylic acid groups (broad SMARTS) is 1. The lowest BCUT2D eigenvalue weighted by Crippen LogP contribution is -2.14. The predicted octanol–water partition coefficient (Wildman–Crippen LogP) is 3.39. The standard InChI is InChI=1S/C16H14FNO3/c1-9-3-5-13(14(17)7-9)15(19)18-11-4-6-12(16(20)21)10(2)8-11/h3-8H,1-2H3,(H,18,19)(H,20,21). The van der Waals surface area contributed by atoms with Crippen LogP contribution in [0, 0.1) is 19.7 Å². The molecule has 0 aliphatic rings. The van der Waals surface area contributed by atoms with Crippen LogP contribution in [0.1, 0.15) is 31.8 Å². The van der Waals surface area contributed by atoms with Crippen molar-refractivity contribution >= 4 is 17.6 Å². The van der Waals surface area contributed by atoms with Crippen LogP contribution in [0.25, 0.3) is 0 Å². The first kappa shape index (κ1) is 14.7. The lowest BCUT2D eigenvalue weighted by Gasteiger charge is -2.08. The summed E-state index contributed by atoms with van der Waals surface area (Å²) in [6.07, 6.45) is 0. The van der Waals surface area contributed by atoms with Crippen LogP contribution in [0.3, 0.4) is 0 Å². The van der Waals surface area contributed by atoms with Gasteiger partial charge in [-0.05, 0) is 55.3 Å². The molecule has 1 amide bonds. The van der Waals surface area contributed by atoms with Gasteiger partial charge in [-0.15, -0.1) is 0 Å². The largest absolute Gasteiger partial charge is 0.478 e. The third-order valence-electron chi connectivity index (χ3n) is 3.08. The van der Waals surface area contributed by atoms with E-state index < -0.39 is 17.7 Å². The number of amides is 1. The van der Waals surface area contributed by atoms with Crippen LogP contribution in [-0.2, 0) is 0 Å². The zero-order valence-corrected chi connectivity index (χ0v) is 11.6. The number of hydrogen-bond acceptors (Lipinski definition) is 2. The minimum atomic E-state index is -1.03. The average Bonchev–Trinajstić information content (AvgIpc) is 2.37. The monoisotopic (exact) mass is 287 g/mol. The van der Waals surface area contributed by atoms with E-state index >= 15 is 0 Å². The molecule has 0 fully saturated rings. The Morgan fingerprint density at radius 2 is 1.71 bits per heavy atom. The summed E-state index contributed by atoms with van der Waals surface area (Å²) >= 11 is 0. The van der Waals surface area contributed by atoms with Gasteiger partial charge in [-0.3, -0.25) is 4.79 Å². The van der Waals surface area contributed by atoms with Crippen LogP contribution in [0.15, 0.2) is 36.4 Å². The number of carboxylic acids is 1. The molecular formula is C16H14FNO3. The van der Waals surface area contributed by atoms with E-state index in [4.69, 9.17) is 5.11 Å². The minimum Gasteiger partial charge on any atom is -0.478 e. The van der Waals surface area contributed by atoms with E-state index in [2.05, 4.69) is 5.32 Å². The van der Waals surface area contributed by atoms with Gasteiger partial charge in [0.1, 0.15) is 5.82 Å². The normalized spacial score (nSPS) is 10.2. The van der Waals surface area contributed by atoms with Gasteiger partial charge in [-0.25, -0.2) is 9.18 Å². The second kappa shape index (κ2) is 5.75. The minimum absolute atomic E-state index is 0.0550. The van der Waals surface area contributed by atoms with E-state index in [0.717, 1.165) is 5.56 Å². The van der Waals surface area contributed by atoms with Crippen molar-refractivity contribution in [3.8, 4) is 0 Å². The Morgan fingerprint density at radius 3 is 2.29 bits per heavy atom. The second-order valence-corrected chi connectivity index (χ2v) is 4.77. The summed E-state index contributed by atoms with van der Waals surface area (Å²) < 4.78 is 13.7. The fourth-order valence-corrected chi connectivity index (χ4v) is 1.98. The van der Waals surface area contributed by atoms with Gasteiger partial charge < -0.3 is 10.4 Å². The number of hydrogen-bond donors (Lipinski definition) is 2. The van der Waals surface area contributed by atoms with Crippen molar-refractivity contribution in [2.24, 2.45) is 0 Å². The molecule has 2 aromatic rings. The zero-order chi connectivity index (χ0) is 15.6. The molecule has 4 nitrogen and oxygen atoms in total. The van der Waals surface area contributed by atoms with Crippen molar-refractivity contribution in [2.75, 3.05) is 5.32 Å². The highest BCUT2D eigenvalue weighted by Gasteiger charge is 2.13. The van der Waals surface area contributed by atoms with E-state index in [-0.39, 0.29) is 11.1 Å². The molecule has 0 aromatic heterocycles. The zero-order valence-electron chi connectivity index (χ0n) is 11.6. The third-order valence-corrected chi connectivity index (χ3v) is 3.08. The Kier molecular flexibility index (Phi) is 4.03. The van der Waals surface area contributed by atoms with Gasteiger partial charge >= 0.3 is 5.97 Å². The number of carbonyl (C=O) groups is 2. The number of carbonyl (C=O) groups excluding carboxylic acids is 1. The van der Waals surface area contributed by atoms with E-state index in [1.165, 1.54) is 30.3 Å². The maximum atomic E-state index is 13.7. The first-order chi connectivity index (χ1) is 9.88. The summed E-state index contributed by atoms with van der Waals surface area (Å²) in [5.74, 6) is -2.20. The topological polar surface area (TPSA) is 66.4 Å². The number of aromatic carboxylic acids is 1. The van der Waals surface area contributed by atoms with Gasteiger partial charge in [-0.1, -0.05) is 6.07 Å². The molecule has 21 heavy (non-hydrogen) atoms. The van der Waals surface area contributed by atoms with Gasteiger partial charge in [-0.2, -0.15) is 0 Å². The molecule has 0 atom stereocenters. The second-order valence-electron chi connectivity index (χ2n) is 4.77. The van der Waals surface area contributed by atoms with E-state index in [1.54, 1.807) is 19.9 Å². The summed E-state index contributed by atoms with van der Waals surface area (Å²) in [4.78, 5) is 22.9. The van der Waals surface area contributed by atoms with Crippen molar-refractivity contribution in [2.45, 2.75) is 13.8 Å². The number of benzene rings is 2. The van der Waals surface area contributed by atoms with Crippen LogP contribution in [0.2, 0.25) is 0 Å². The first-order valence-electron chi connectivity index (χ1n) is 6.30. The Labute approximate surface area is 121 Å². The summed E-state index contributed by atoms with van der Waals surface area (Å²) in [6, 6.07) is 8.76. The maximum absolute atomic E-state index is 13.7. The highest BCUT2D eigenvalue weighted by atomic mass is 19.1. The van der Waals surface area contributed by atoms with E-state index in [1.807, 2.05) is 0 Å². The van der Waals surface area contributed by atoms with Crippen molar-refractivity contribution in [1.82, 2.24) is 0 Å². The summed E-state index contributed by atoms with van der Waals surface area (Å²) in [5.41, 5.74) is 1.77. The molecule has 0 spiro atoms. The Balaban J connectivity index is 2.23. The lowest BCUT2D eigenvalue weighted by molar-refractivity contribution is 0.0696. The molecule has 5 heteroatoms. The van der Waals surface area contributed by atoms with E-state index in [9.17, 15) is 14.0 Å². The summed E-state index contributed by atoms with van der Waals surface area (Å²) in [6.45, 7) is 3.37. The van der Waals surface area contributed by atoms with Crippen LogP contribution in [0.4, 0.5) is 10.1 Å². The van der Waals surface area contributed by atoms with Gasteiger partial charge in [0.05, 0.1) is 11.1 Å². The van der Waals surface area contributed by atoms with Crippen molar-refractivity contribution < 1.29 is 19.1 Å². The van der Waals surface area contributed by atoms with Crippen LogP contribution in [-0.4, -0.2) is 17.0 Å². The number of nitrogens with one attached hydrogen (secondary N) is 1. The molecule has 0 aliphatic heterocycles. The van der Waals surface area contributed by atoms with Crippen LogP contribution in [0.5, 0.6) is 0 Å². The average molecular weight is 287 g/mol. The molecular weight excluding hydrogens is 273 g/mol. The highest BCUT2D eigenvalue weighted by Crippen LogP contribution is 2.17.